The van der Waals surface area contributed by atoms with E-state index in [2.05, 4.69) is 10.4 Å². The molecule has 0 saturated carbocycles. The lowest BCUT2D eigenvalue weighted by atomic mass is 10.00. The van der Waals surface area contributed by atoms with Gasteiger partial charge in [0, 0.05) is 23.5 Å². The quantitative estimate of drug-likeness (QED) is 0.780. The molecule has 1 fully saturated rings. The molecule has 1 aliphatic heterocycles. The van der Waals surface area contributed by atoms with Crippen molar-refractivity contribution in [1.82, 2.24) is 9.99 Å². The molecule has 0 aliphatic carbocycles. The molecular weight excluding hydrogens is 383 g/mol. The number of halogens is 4. The summed E-state index contributed by atoms with van der Waals surface area (Å²) >= 11 is 5.90. The Bertz CT molecular complexity index is 883. The van der Waals surface area contributed by atoms with Gasteiger partial charge in [-0.25, -0.2) is 4.98 Å². The van der Waals surface area contributed by atoms with E-state index in [0.29, 0.717) is 0 Å². The lowest BCUT2D eigenvalue weighted by Crippen LogP contribution is -2.36. The van der Waals surface area contributed by atoms with Crippen molar-refractivity contribution in [3.63, 3.8) is 0 Å². The Kier molecular flexibility index (Phi) is 4.86. The number of hydrazine groups is 1. The summed E-state index contributed by atoms with van der Waals surface area (Å²) in [5, 5.41) is 0.190. The van der Waals surface area contributed by atoms with E-state index in [1.54, 1.807) is 32.0 Å². The highest BCUT2D eigenvalue weighted by molar-refractivity contribution is 6.32. The smallest absolute Gasteiger partial charge is 0.272 e. The van der Waals surface area contributed by atoms with Gasteiger partial charge in [-0.3, -0.25) is 15.0 Å². The zero-order valence-corrected chi connectivity index (χ0v) is 15.1. The number of nitrogens with zero attached hydrogens (tertiary/aromatic N) is 2. The fourth-order valence-electron chi connectivity index (χ4n) is 2.81. The maximum atomic E-state index is 13.5. The van der Waals surface area contributed by atoms with Crippen molar-refractivity contribution in [2.75, 3.05) is 5.43 Å². The number of rotatable bonds is 3. The van der Waals surface area contributed by atoms with Gasteiger partial charge in [-0.2, -0.15) is 18.2 Å². The molecule has 1 N–H and O–H groups in total. The third-order valence-electron chi connectivity index (χ3n) is 4.50. The van der Waals surface area contributed by atoms with Gasteiger partial charge in [-0.1, -0.05) is 55.8 Å². The van der Waals surface area contributed by atoms with Crippen LogP contribution in [-0.4, -0.2) is 21.8 Å². The first-order valence-electron chi connectivity index (χ1n) is 8.09. The number of amides is 2. The van der Waals surface area contributed by atoms with Crippen LogP contribution in [0.3, 0.4) is 0 Å². The van der Waals surface area contributed by atoms with Crippen LogP contribution in [0.2, 0.25) is 5.02 Å². The van der Waals surface area contributed by atoms with Crippen molar-refractivity contribution in [2.24, 2.45) is 11.8 Å². The molecule has 0 spiro atoms. The van der Waals surface area contributed by atoms with Crippen LogP contribution < -0.4 is 5.43 Å². The summed E-state index contributed by atoms with van der Waals surface area (Å²) in [6.07, 6.45) is -4.73. The Hall–Kier alpha value is -2.61. The number of carbonyl (C=O) groups excluding carboxylic acids is 2. The summed E-state index contributed by atoms with van der Waals surface area (Å²) in [5.74, 6) is -2.17. The number of aromatic nitrogens is 1. The van der Waals surface area contributed by atoms with Crippen LogP contribution in [0.15, 0.2) is 36.4 Å². The predicted octanol–water partition coefficient (Wildman–Crippen LogP) is 4.39. The third kappa shape index (κ3) is 3.49. The number of hydrogen-bond acceptors (Lipinski definition) is 4. The normalized spacial score (nSPS) is 20.3. The van der Waals surface area contributed by atoms with E-state index in [0.717, 1.165) is 11.1 Å². The Labute approximate surface area is 158 Å². The monoisotopic (exact) mass is 397 g/mol. The number of anilines is 1. The first-order chi connectivity index (χ1) is 12.6. The average molecular weight is 398 g/mol. The second kappa shape index (κ2) is 6.84. The van der Waals surface area contributed by atoms with E-state index >= 15 is 0 Å². The summed E-state index contributed by atoms with van der Waals surface area (Å²) in [6.45, 7) is 3.21. The molecule has 1 aromatic heterocycles. The summed E-state index contributed by atoms with van der Waals surface area (Å²) < 4.78 is 40.5. The first kappa shape index (κ1) is 19.2. The summed E-state index contributed by atoms with van der Waals surface area (Å²) in [4.78, 5) is 28.4. The Balaban J connectivity index is 2.08. The van der Waals surface area contributed by atoms with E-state index in [1.807, 2.05) is 0 Å². The van der Waals surface area contributed by atoms with E-state index in [-0.39, 0.29) is 11.4 Å². The molecule has 2 aromatic rings. The minimum atomic E-state index is -4.73. The second-order valence-corrected chi connectivity index (χ2v) is 6.68. The predicted molar refractivity (Wildman–Crippen MR) is 93.5 cm³/mol. The van der Waals surface area contributed by atoms with Crippen molar-refractivity contribution in [3.05, 3.63) is 47.0 Å². The SMILES string of the molecule is CC1C(=O)N(Nc2cc(Cl)c(C(F)(F)F)c(-c3ccccc3)n2)C(=O)C1C. The van der Waals surface area contributed by atoms with Crippen LogP contribution in [0, 0.1) is 11.8 Å². The van der Waals surface area contributed by atoms with Crippen LogP contribution in [-0.2, 0) is 15.8 Å². The number of benzene rings is 1. The fraction of sp³-hybridized carbons (Fsp3) is 0.278. The van der Waals surface area contributed by atoms with Gasteiger partial charge in [0.25, 0.3) is 11.8 Å². The molecule has 142 valence electrons. The lowest BCUT2D eigenvalue weighted by molar-refractivity contribution is -0.139. The van der Waals surface area contributed by atoms with Crippen LogP contribution in [0.4, 0.5) is 19.0 Å². The standard InChI is InChI=1S/C18H15ClF3N3O2/c1-9-10(2)17(27)25(16(9)26)24-13-8-12(19)14(18(20,21)22)15(23-13)11-6-4-3-5-7-11/h3-10H,1-2H3,(H,23,24). The number of pyridine rings is 1. The molecule has 1 aliphatic rings. The maximum Gasteiger partial charge on any atom is 0.419 e. The molecule has 9 heteroatoms. The number of nitrogens with one attached hydrogen (secondary N) is 1. The number of carbonyl (C=O) groups is 2. The van der Waals surface area contributed by atoms with E-state index in [4.69, 9.17) is 11.6 Å². The maximum absolute atomic E-state index is 13.5. The number of hydrogen-bond donors (Lipinski definition) is 1. The van der Waals surface area contributed by atoms with Crippen LogP contribution in [0.1, 0.15) is 19.4 Å². The molecule has 0 radical (unpaired) electrons. The second-order valence-electron chi connectivity index (χ2n) is 6.28. The summed E-state index contributed by atoms with van der Waals surface area (Å²) in [6, 6.07) is 8.68. The number of alkyl halides is 3. The van der Waals surface area contributed by atoms with Crippen molar-refractivity contribution in [2.45, 2.75) is 20.0 Å². The largest absolute Gasteiger partial charge is 0.419 e. The van der Waals surface area contributed by atoms with Crippen LogP contribution in [0.5, 0.6) is 0 Å². The molecule has 2 unspecified atom stereocenters. The molecule has 3 rings (SSSR count). The van der Waals surface area contributed by atoms with Crippen LogP contribution in [0.25, 0.3) is 11.3 Å². The molecule has 27 heavy (non-hydrogen) atoms. The van der Waals surface area contributed by atoms with Crippen molar-refractivity contribution in [1.29, 1.82) is 0 Å². The first-order valence-corrected chi connectivity index (χ1v) is 8.46. The van der Waals surface area contributed by atoms with Gasteiger partial charge in [0.15, 0.2) is 0 Å². The summed E-state index contributed by atoms with van der Waals surface area (Å²) in [5.41, 5.74) is 1.23. The topological polar surface area (TPSA) is 62.3 Å². The highest BCUT2D eigenvalue weighted by Crippen LogP contribution is 2.41. The molecular formula is C18H15ClF3N3O2. The number of imide groups is 1. The third-order valence-corrected chi connectivity index (χ3v) is 4.80. The molecule has 2 atom stereocenters. The average Bonchev–Trinajstić information content (AvgIpc) is 2.79. The minimum absolute atomic E-state index is 0.130. The molecule has 2 amide bonds. The molecule has 1 aromatic carbocycles. The Morgan fingerprint density at radius 3 is 2.15 bits per heavy atom. The van der Waals surface area contributed by atoms with Crippen molar-refractivity contribution >= 4 is 29.2 Å². The molecule has 1 saturated heterocycles. The van der Waals surface area contributed by atoms with Gasteiger partial charge >= 0.3 is 6.18 Å². The van der Waals surface area contributed by atoms with Gasteiger partial charge in [-0.15, -0.1) is 0 Å². The van der Waals surface area contributed by atoms with Crippen LogP contribution >= 0.6 is 11.6 Å². The molecule has 2 heterocycles. The zero-order chi connectivity index (χ0) is 19.9. The molecule has 0 bridgehead atoms. The highest BCUT2D eigenvalue weighted by atomic mass is 35.5. The highest BCUT2D eigenvalue weighted by Gasteiger charge is 2.43. The molecule has 5 nitrogen and oxygen atoms in total. The fourth-order valence-corrected chi connectivity index (χ4v) is 3.11. The van der Waals surface area contributed by atoms with Gasteiger partial charge < -0.3 is 0 Å². The zero-order valence-electron chi connectivity index (χ0n) is 14.3. The van der Waals surface area contributed by atoms with Crippen molar-refractivity contribution < 1.29 is 22.8 Å². The lowest BCUT2D eigenvalue weighted by Gasteiger charge is -2.20. The van der Waals surface area contributed by atoms with Gasteiger partial charge in [0.1, 0.15) is 11.4 Å². The van der Waals surface area contributed by atoms with Crippen molar-refractivity contribution in [3.8, 4) is 11.3 Å². The van der Waals surface area contributed by atoms with Gasteiger partial charge in [0.05, 0.1) is 10.7 Å². The summed E-state index contributed by atoms with van der Waals surface area (Å²) in [7, 11) is 0. The van der Waals surface area contributed by atoms with Gasteiger partial charge in [-0.05, 0) is 0 Å². The minimum Gasteiger partial charge on any atom is -0.272 e. The van der Waals surface area contributed by atoms with E-state index < -0.39 is 46.1 Å². The van der Waals surface area contributed by atoms with Gasteiger partial charge in [0.2, 0.25) is 0 Å². The Morgan fingerprint density at radius 2 is 1.63 bits per heavy atom. The Morgan fingerprint density at radius 1 is 1.07 bits per heavy atom. The van der Waals surface area contributed by atoms with E-state index in [9.17, 15) is 22.8 Å². The van der Waals surface area contributed by atoms with E-state index in [1.165, 1.54) is 12.1 Å².